The summed E-state index contributed by atoms with van der Waals surface area (Å²) in [6.45, 7) is 0. The van der Waals surface area contributed by atoms with Crippen LogP contribution in [0.5, 0.6) is 5.75 Å². The molecule has 9 nitrogen and oxygen atoms in total. The van der Waals surface area contributed by atoms with E-state index in [-0.39, 0.29) is 17.4 Å². The zero-order valence-electron chi connectivity index (χ0n) is 18.4. The van der Waals surface area contributed by atoms with E-state index in [2.05, 4.69) is 10.3 Å². The summed E-state index contributed by atoms with van der Waals surface area (Å²) in [6, 6.07) is 14.5. The normalized spacial score (nSPS) is 14.2. The van der Waals surface area contributed by atoms with E-state index < -0.39 is 11.8 Å². The number of hydrogen-bond donors (Lipinski definition) is 2. The van der Waals surface area contributed by atoms with E-state index in [4.69, 9.17) is 26.5 Å². The molecule has 2 heterocycles. The predicted octanol–water partition coefficient (Wildman–Crippen LogP) is 4.16. The molecular formula is C24H19ClN4O5S. The highest BCUT2D eigenvalue weighted by Crippen LogP contribution is 2.34. The maximum atomic E-state index is 13.2. The first-order valence-electron chi connectivity index (χ1n) is 10.2. The lowest BCUT2D eigenvalue weighted by Gasteiger charge is -2.18. The lowest BCUT2D eigenvalue weighted by Crippen LogP contribution is -2.31. The zero-order chi connectivity index (χ0) is 24.9. The van der Waals surface area contributed by atoms with Crippen molar-refractivity contribution in [3.05, 3.63) is 82.9 Å². The van der Waals surface area contributed by atoms with Gasteiger partial charge >= 0.3 is 0 Å². The molecule has 0 fully saturated rings. The molecule has 3 amide bonds. The van der Waals surface area contributed by atoms with Crippen molar-refractivity contribution in [2.24, 2.45) is 10.7 Å². The molecule has 0 spiro atoms. The third-order valence-electron chi connectivity index (χ3n) is 4.83. The van der Waals surface area contributed by atoms with Gasteiger partial charge in [0.05, 0.1) is 29.8 Å². The number of ether oxygens (including phenoxy) is 1. The summed E-state index contributed by atoms with van der Waals surface area (Å²) >= 11 is 7.35. The molecule has 4 rings (SSSR count). The van der Waals surface area contributed by atoms with E-state index in [1.54, 1.807) is 42.5 Å². The number of furan rings is 1. The fraction of sp³-hybridized carbons (Fsp3) is 0.0833. The molecule has 1 aliphatic rings. The quantitative estimate of drug-likeness (QED) is 0.459. The number of primary amides is 1. The first-order chi connectivity index (χ1) is 16.9. The van der Waals surface area contributed by atoms with Gasteiger partial charge in [-0.3, -0.25) is 19.3 Å². The Morgan fingerprint density at radius 1 is 1.23 bits per heavy atom. The van der Waals surface area contributed by atoms with Crippen LogP contribution in [-0.2, 0) is 9.59 Å². The first-order valence-corrected chi connectivity index (χ1v) is 11.6. The van der Waals surface area contributed by atoms with Crippen molar-refractivity contribution >= 4 is 63.7 Å². The number of benzene rings is 2. The van der Waals surface area contributed by atoms with Gasteiger partial charge in [-0.25, -0.2) is 4.99 Å². The van der Waals surface area contributed by atoms with Gasteiger partial charge in [0.2, 0.25) is 11.8 Å². The van der Waals surface area contributed by atoms with E-state index in [1.807, 2.05) is 0 Å². The number of nitrogens with two attached hydrogens (primary N) is 1. The molecule has 0 radical (unpaired) electrons. The summed E-state index contributed by atoms with van der Waals surface area (Å²) in [7, 11) is 1.49. The lowest BCUT2D eigenvalue weighted by molar-refractivity contribution is -0.114. The maximum absolute atomic E-state index is 13.2. The molecule has 35 heavy (non-hydrogen) atoms. The number of nitrogens with zero attached hydrogens (tertiary/aromatic N) is 2. The second kappa shape index (κ2) is 10.5. The Morgan fingerprint density at radius 2 is 2.00 bits per heavy atom. The number of anilines is 2. The second-order valence-electron chi connectivity index (χ2n) is 7.18. The minimum absolute atomic E-state index is 0.0297. The Bertz CT molecular complexity index is 1340. The van der Waals surface area contributed by atoms with Crippen LogP contribution in [-0.4, -0.2) is 35.8 Å². The average Bonchev–Trinajstić information content (AvgIpc) is 3.46. The Hall–Kier alpha value is -4.02. The summed E-state index contributed by atoms with van der Waals surface area (Å²) in [5.74, 6) is -0.382. The molecule has 3 N–H and O–H groups in total. The van der Waals surface area contributed by atoms with Gasteiger partial charge in [-0.2, -0.15) is 0 Å². The Labute approximate surface area is 209 Å². The summed E-state index contributed by atoms with van der Waals surface area (Å²) < 4.78 is 10.5. The molecule has 2 aromatic carbocycles. The van der Waals surface area contributed by atoms with E-state index in [1.165, 1.54) is 36.5 Å². The van der Waals surface area contributed by atoms with Gasteiger partial charge < -0.3 is 20.2 Å². The molecule has 1 aromatic heterocycles. The van der Waals surface area contributed by atoms with Crippen LogP contribution in [0.4, 0.5) is 11.4 Å². The van der Waals surface area contributed by atoms with Crippen molar-refractivity contribution in [3.63, 3.8) is 0 Å². The fourth-order valence-corrected chi connectivity index (χ4v) is 4.23. The van der Waals surface area contributed by atoms with Crippen LogP contribution < -0.4 is 20.7 Å². The van der Waals surface area contributed by atoms with Crippen molar-refractivity contribution in [1.29, 1.82) is 0 Å². The SMILES string of the molecule is COc1ccc(N2C(=O)/C(=C\c3ccco3)N=C2SCC(=O)Nc2ccc(C(N)=O)cc2)cc1Cl. The number of aliphatic imine (C=N–C) groups is 1. The van der Waals surface area contributed by atoms with Gasteiger partial charge in [-0.05, 0) is 54.6 Å². The summed E-state index contributed by atoms with van der Waals surface area (Å²) in [6.07, 6.45) is 3.01. The van der Waals surface area contributed by atoms with Crippen molar-refractivity contribution in [2.75, 3.05) is 23.1 Å². The average molecular weight is 511 g/mol. The monoisotopic (exact) mass is 510 g/mol. The number of halogens is 1. The number of hydrogen-bond acceptors (Lipinski definition) is 7. The Morgan fingerprint density at radius 3 is 2.63 bits per heavy atom. The molecule has 3 aromatic rings. The number of carbonyl (C=O) groups excluding carboxylic acids is 3. The van der Waals surface area contributed by atoms with Crippen LogP contribution in [0, 0.1) is 0 Å². The van der Waals surface area contributed by atoms with Gasteiger partial charge in [0.1, 0.15) is 17.2 Å². The van der Waals surface area contributed by atoms with Crippen LogP contribution >= 0.6 is 23.4 Å². The molecule has 0 saturated heterocycles. The lowest BCUT2D eigenvalue weighted by atomic mass is 10.2. The maximum Gasteiger partial charge on any atom is 0.283 e. The van der Waals surface area contributed by atoms with Gasteiger partial charge in [-0.1, -0.05) is 23.4 Å². The number of rotatable bonds is 7. The van der Waals surface area contributed by atoms with Gasteiger partial charge in [0.15, 0.2) is 5.17 Å². The second-order valence-corrected chi connectivity index (χ2v) is 8.53. The highest BCUT2D eigenvalue weighted by Gasteiger charge is 2.33. The molecule has 0 saturated carbocycles. The molecule has 1 aliphatic heterocycles. The highest BCUT2D eigenvalue weighted by atomic mass is 35.5. The van der Waals surface area contributed by atoms with Crippen LogP contribution in [0.3, 0.4) is 0 Å². The molecule has 11 heteroatoms. The van der Waals surface area contributed by atoms with Crippen LogP contribution in [0.2, 0.25) is 5.02 Å². The summed E-state index contributed by atoms with van der Waals surface area (Å²) in [5, 5.41) is 3.35. The molecule has 0 aliphatic carbocycles. The minimum Gasteiger partial charge on any atom is -0.495 e. The third kappa shape index (κ3) is 5.56. The van der Waals surface area contributed by atoms with Crippen molar-refractivity contribution in [1.82, 2.24) is 0 Å². The van der Waals surface area contributed by atoms with Gasteiger partial charge in [0, 0.05) is 17.3 Å². The Kier molecular flexibility index (Phi) is 7.23. The molecule has 178 valence electrons. The van der Waals surface area contributed by atoms with Gasteiger partial charge in [0.25, 0.3) is 5.91 Å². The topological polar surface area (TPSA) is 127 Å². The summed E-state index contributed by atoms with van der Waals surface area (Å²) in [4.78, 5) is 42.8. The van der Waals surface area contributed by atoms with Crippen LogP contribution in [0.1, 0.15) is 16.1 Å². The number of methoxy groups -OCH3 is 1. The number of nitrogens with one attached hydrogen (secondary N) is 1. The van der Waals surface area contributed by atoms with E-state index in [0.717, 1.165) is 11.8 Å². The van der Waals surface area contributed by atoms with Crippen molar-refractivity contribution in [2.45, 2.75) is 0 Å². The largest absolute Gasteiger partial charge is 0.495 e. The fourth-order valence-electron chi connectivity index (χ4n) is 3.17. The number of amides is 3. The Balaban J connectivity index is 1.54. The number of thioether (sulfide) groups is 1. The van der Waals surface area contributed by atoms with Gasteiger partial charge in [-0.15, -0.1) is 0 Å². The molecule has 0 unspecified atom stereocenters. The van der Waals surface area contributed by atoms with Crippen molar-refractivity contribution in [3.8, 4) is 5.75 Å². The summed E-state index contributed by atoms with van der Waals surface area (Å²) in [5.41, 5.74) is 6.69. The van der Waals surface area contributed by atoms with Crippen LogP contribution in [0.15, 0.2) is 76.0 Å². The standard InChI is InChI=1S/C24H19ClN4O5S/c1-33-20-9-8-16(11-18(20)25)29-23(32)19(12-17-3-2-10-34-17)28-24(29)35-13-21(30)27-15-6-4-14(5-7-15)22(26)31/h2-12H,13H2,1H3,(H2,26,31)(H,27,30)/b19-12+. The van der Waals surface area contributed by atoms with Crippen LogP contribution in [0.25, 0.3) is 6.08 Å². The highest BCUT2D eigenvalue weighted by molar-refractivity contribution is 8.14. The number of carbonyl (C=O) groups is 3. The third-order valence-corrected chi connectivity index (χ3v) is 6.06. The smallest absolute Gasteiger partial charge is 0.283 e. The van der Waals surface area contributed by atoms with E-state index in [9.17, 15) is 14.4 Å². The molecule has 0 atom stereocenters. The molecule has 0 bridgehead atoms. The zero-order valence-corrected chi connectivity index (χ0v) is 19.9. The van der Waals surface area contributed by atoms with E-state index in [0.29, 0.717) is 38.6 Å². The van der Waals surface area contributed by atoms with E-state index >= 15 is 0 Å². The predicted molar refractivity (Wildman–Crippen MR) is 136 cm³/mol. The van der Waals surface area contributed by atoms with Crippen molar-refractivity contribution < 1.29 is 23.5 Å². The first kappa shape index (κ1) is 24.1. The number of amidine groups is 1. The molecular weight excluding hydrogens is 492 g/mol. The minimum atomic E-state index is -0.556.